The van der Waals surface area contributed by atoms with Gasteiger partial charge in [0.1, 0.15) is 5.82 Å². The van der Waals surface area contributed by atoms with Crippen LogP contribution in [0.25, 0.3) is 0 Å². The summed E-state index contributed by atoms with van der Waals surface area (Å²) in [6, 6.07) is 4.22. The SMILES string of the molecule is COc1ccnc(N(C)C2CCCN(c3ncc(Br)cc3C)C2)n1. The molecule has 3 rings (SSSR count). The van der Waals surface area contributed by atoms with Gasteiger partial charge in [-0.05, 0) is 47.3 Å². The van der Waals surface area contributed by atoms with Crippen LogP contribution in [-0.4, -0.2) is 48.2 Å². The fourth-order valence-electron chi connectivity index (χ4n) is 3.11. The number of hydrogen-bond acceptors (Lipinski definition) is 6. The summed E-state index contributed by atoms with van der Waals surface area (Å²) in [7, 11) is 3.67. The summed E-state index contributed by atoms with van der Waals surface area (Å²) >= 11 is 3.48. The molecule has 1 saturated heterocycles. The minimum Gasteiger partial charge on any atom is -0.481 e. The van der Waals surface area contributed by atoms with E-state index in [2.05, 4.69) is 53.7 Å². The second kappa shape index (κ2) is 7.34. The Morgan fingerprint density at radius 2 is 2.21 bits per heavy atom. The van der Waals surface area contributed by atoms with Crippen LogP contribution in [0.1, 0.15) is 18.4 Å². The molecule has 2 aromatic rings. The number of rotatable bonds is 4. The third-order valence-corrected chi connectivity index (χ3v) is 4.84. The summed E-state index contributed by atoms with van der Waals surface area (Å²) in [5.41, 5.74) is 1.19. The molecular formula is C17H22BrN5O. The first-order chi connectivity index (χ1) is 11.6. The van der Waals surface area contributed by atoms with Gasteiger partial charge < -0.3 is 14.5 Å². The summed E-state index contributed by atoms with van der Waals surface area (Å²) in [5.74, 6) is 2.34. The van der Waals surface area contributed by atoms with E-state index in [4.69, 9.17) is 4.74 Å². The van der Waals surface area contributed by atoms with Crippen molar-refractivity contribution in [3.05, 3.63) is 34.6 Å². The fourth-order valence-corrected chi connectivity index (χ4v) is 3.55. The van der Waals surface area contributed by atoms with Crippen LogP contribution in [-0.2, 0) is 0 Å². The van der Waals surface area contributed by atoms with E-state index in [0.717, 1.165) is 36.2 Å². The molecule has 0 aromatic carbocycles. The highest BCUT2D eigenvalue weighted by molar-refractivity contribution is 9.10. The normalized spacial score (nSPS) is 17.7. The molecule has 1 fully saturated rings. The van der Waals surface area contributed by atoms with Crippen molar-refractivity contribution < 1.29 is 4.74 Å². The molecule has 1 atom stereocenters. The third-order valence-electron chi connectivity index (χ3n) is 4.40. The molecule has 24 heavy (non-hydrogen) atoms. The van der Waals surface area contributed by atoms with E-state index < -0.39 is 0 Å². The number of aryl methyl sites for hydroxylation is 1. The van der Waals surface area contributed by atoms with E-state index >= 15 is 0 Å². The van der Waals surface area contributed by atoms with E-state index in [1.54, 1.807) is 19.4 Å². The highest BCUT2D eigenvalue weighted by Gasteiger charge is 2.26. The molecule has 7 heteroatoms. The van der Waals surface area contributed by atoms with Crippen LogP contribution in [0.5, 0.6) is 5.88 Å². The van der Waals surface area contributed by atoms with E-state index in [1.165, 1.54) is 5.56 Å². The van der Waals surface area contributed by atoms with Gasteiger partial charge in [-0.2, -0.15) is 4.98 Å². The molecule has 0 radical (unpaired) electrons. The van der Waals surface area contributed by atoms with Crippen LogP contribution < -0.4 is 14.5 Å². The Bertz CT molecular complexity index is 711. The molecule has 1 unspecified atom stereocenters. The highest BCUT2D eigenvalue weighted by atomic mass is 79.9. The number of ether oxygens (including phenoxy) is 1. The van der Waals surface area contributed by atoms with Crippen LogP contribution in [0.3, 0.4) is 0 Å². The molecule has 0 amide bonds. The first-order valence-corrected chi connectivity index (χ1v) is 8.84. The van der Waals surface area contributed by atoms with E-state index in [0.29, 0.717) is 17.9 Å². The van der Waals surface area contributed by atoms with Gasteiger partial charge in [0.05, 0.1) is 7.11 Å². The lowest BCUT2D eigenvalue weighted by molar-refractivity contribution is 0.395. The zero-order valence-electron chi connectivity index (χ0n) is 14.2. The van der Waals surface area contributed by atoms with Crippen molar-refractivity contribution in [1.82, 2.24) is 15.0 Å². The molecule has 0 spiro atoms. The van der Waals surface area contributed by atoms with Gasteiger partial charge in [0.15, 0.2) is 0 Å². The van der Waals surface area contributed by atoms with Crippen molar-refractivity contribution >= 4 is 27.7 Å². The Labute approximate surface area is 151 Å². The van der Waals surface area contributed by atoms with E-state index in [9.17, 15) is 0 Å². The van der Waals surface area contributed by atoms with Crippen molar-refractivity contribution in [2.24, 2.45) is 0 Å². The molecule has 2 aromatic heterocycles. The van der Waals surface area contributed by atoms with Crippen LogP contribution >= 0.6 is 15.9 Å². The molecule has 6 nitrogen and oxygen atoms in total. The molecule has 1 aliphatic heterocycles. The number of pyridine rings is 1. The number of anilines is 2. The van der Waals surface area contributed by atoms with Crippen molar-refractivity contribution in [1.29, 1.82) is 0 Å². The summed E-state index contributed by atoms with van der Waals surface area (Å²) in [6.07, 6.45) is 5.83. The van der Waals surface area contributed by atoms with Gasteiger partial charge in [-0.15, -0.1) is 0 Å². The van der Waals surface area contributed by atoms with Crippen LogP contribution in [0.2, 0.25) is 0 Å². The summed E-state index contributed by atoms with van der Waals surface area (Å²) in [6.45, 7) is 4.04. The maximum atomic E-state index is 5.21. The largest absolute Gasteiger partial charge is 0.481 e. The van der Waals surface area contributed by atoms with E-state index in [-0.39, 0.29) is 0 Å². The fraction of sp³-hybridized carbons (Fsp3) is 0.471. The quantitative estimate of drug-likeness (QED) is 0.797. The minimum atomic E-state index is 0.343. The van der Waals surface area contributed by atoms with Gasteiger partial charge in [0.25, 0.3) is 0 Å². The van der Waals surface area contributed by atoms with Crippen molar-refractivity contribution in [3.63, 3.8) is 0 Å². The number of likely N-dealkylation sites (N-methyl/N-ethyl adjacent to an activating group) is 1. The monoisotopic (exact) mass is 391 g/mol. The van der Waals surface area contributed by atoms with Gasteiger partial charge in [-0.25, -0.2) is 9.97 Å². The number of aromatic nitrogens is 3. The second-order valence-corrected chi connectivity index (χ2v) is 6.96. The van der Waals surface area contributed by atoms with Crippen molar-refractivity contribution in [3.8, 4) is 5.88 Å². The van der Waals surface area contributed by atoms with Crippen LogP contribution in [0.15, 0.2) is 29.0 Å². The third kappa shape index (κ3) is 3.61. The van der Waals surface area contributed by atoms with Gasteiger partial charge >= 0.3 is 0 Å². The molecular weight excluding hydrogens is 370 g/mol. The topological polar surface area (TPSA) is 54.4 Å². The van der Waals surface area contributed by atoms with Crippen molar-refractivity contribution in [2.45, 2.75) is 25.8 Å². The molecule has 0 aliphatic carbocycles. The zero-order valence-corrected chi connectivity index (χ0v) is 15.8. The Hall–Kier alpha value is -1.89. The predicted molar refractivity (Wildman–Crippen MR) is 98.9 cm³/mol. The number of methoxy groups -OCH3 is 1. The standard InChI is InChI=1S/C17H22BrN5O/c1-12-9-13(18)10-20-16(12)23-8-4-5-14(11-23)22(2)17-19-7-6-15(21-17)24-3/h6-7,9-10,14H,4-5,8,11H2,1-3H3. The average Bonchev–Trinajstić information content (AvgIpc) is 2.61. The van der Waals surface area contributed by atoms with Crippen LogP contribution in [0, 0.1) is 6.92 Å². The molecule has 0 bridgehead atoms. The smallest absolute Gasteiger partial charge is 0.228 e. The highest BCUT2D eigenvalue weighted by Crippen LogP contribution is 2.26. The number of piperidine rings is 1. The first-order valence-electron chi connectivity index (χ1n) is 8.05. The van der Waals surface area contributed by atoms with Gasteiger partial charge in [0.2, 0.25) is 11.8 Å². The Morgan fingerprint density at radius 3 is 2.96 bits per heavy atom. The Kier molecular flexibility index (Phi) is 5.18. The summed E-state index contributed by atoms with van der Waals surface area (Å²) in [4.78, 5) is 17.9. The summed E-state index contributed by atoms with van der Waals surface area (Å²) in [5, 5.41) is 0. The maximum Gasteiger partial charge on any atom is 0.228 e. The lowest BCUT2D eigenvalue weighted by Crippen LogP contribution is -2.47. The maximum absolute atomic E-state index is 5.21. The lowest BCUT2D eigenvalue weighted by Gasteiger charge is -2.38. The molecule has 0 saturated carbocycles. The van der Waals surface area contributed by atoms with Crippen LogP contribution in [0.4, 0.5) is 11.8 Å². The number of hydrogen-bond donors (Lipinski definition) is 0. The molecule has 128 valence electrons. The average molecular weight is 392 g/mol. The Balaban J connectivity index is 1.77. The molecule has 3 heterocycles. The van der Waals surface area contributed by atoms with Gasteiger partial charge in [-0.1, -0.05) is 0 Å². The Morgan fingerprint density at radius 1 is 1.38 bits per heavy atom. The van der Waals surface area contributed by atoms with Gasteiger partial charge in [0, 0.05) is 49.1 Å². The minimum absolute atomic E-state index is 0.343. The zero-order chi connectivity index (χ0) is 17.1. The first kappa shape index (κ1) is 17.0. The molecule has 0 N–H and O–H groups in total. The summed E-state index contributed by atoms with van der Waals surface area (Å²) < 4.78 is 6.22. The predicted octanol–water partition coefficient (Wildman–Crippen LogP) is 3.06. The molecule has 1 aliphatic rings. The number of halogens is 1. The second-order valence-electron chi connectivity index (χ2n) is 6.05. The van der Waals surface area contributed by atoms with E-state index in [1.807, 2.05) is 13.2 Å². The lowest BCUT2D eigenvalue weighted by atomic mass is 10.0. The number of nitrogens with zero attached hydrogens (tertiary/aromatic N) is 5. The van der Waals surface area contributed by atoms with Crippen molar-refractivity contribution in [2.75, 3.05) is 37.0 Å². The van der Waals surface area contributed by atoms with Gasteiger partial charge in [-0.3, -0.25) is 0 Å².